The lowest BCUT2D eigenvalue weighted by Gasteiger charge is -2.13. The van der Waals surface area contributed by atoms with Gasteiger partial charge in [-0.2, -0.15) is 0 Å². The van der Waals surface area contributed by atoms with Crippen LogP contribution in [-0.4, -0.2) is 27.1 Å². The van der Waals surface area contributed by atoms with E-state index in [1.807, 2.05) is 73.1 Å². The number of hydrogen-bond acceptors (Lipinski definition) is 3. The number of carbonyl (C=O) groups excluding carboxylic acids is 1. The number of benzene rings is 2. The van der Waals surface area contributed by atoms with Gasteiger partial charge < -0.3 is 4.57 Å². The van der Waals surface area contributed by atoms with Gasteiger partial charge in [-0.05, 0) is 60.2 Å². The molecule has 1 aliphatic rings. The van der Waals surface area contributed by atoms with Crippen LogP contribution in [0.3, 0.4) is 0 Å². The Balaban J connectivity index is 1.62. The summed E-state index contributed by atoms with van der Waals surface area (Å²) in [6, 6.07) is 21.9. The quantitative estimate of drug-likeness (QED) is 0.543. The number of para-hydroxylation sites is 2. The van der Waals surface area contributed by atoms with Crippen LogP contribution < -0.4 is 0 Å². The first-order valence-corrected chi connectivity index (χ1v) is 10.1. The van der Waals surface area contributed by atoms with Crippen molar-refractivity contribution in [2.75, 3.05) is 6.54 Å². The number of carbonyl (C=O) groups is 1. The van der Waals surface area contributed by atoms with E-state index in [-0.39, 0.29) is 5.91 Å². The van der Waals surface area contributed by atoms with E-state index in [4.69, 9.17) is 4.99 Å². The largest absolute Gasteiger partial charge is 0.323 e. The number of amidine groups is 1. The topological polar surface area (TPSA) is 37.6 Å². The van der Waals surface area contributed by atoms with Crippen molar-refractivity contribution in [2.24, 2.45) is 4.99 Å². The van der Waals surface area contributed by atoms with Crippen molar-refractivity contribution in [1.29, 1.82) is 0 Å². The van der Waals surface area contributed by atoms with Crippen molar-refractivity contribution in [1.82, 2.24) is 9.47 Å². The average molecular weight is 388 g/mol. The molecule has 4 rings (SSSR count). The Bertz CT molecular complexity index is 1020. The van der Waals surface area contributed by atoms with Crippen LogP contribution in [0.5, 0.6) is 0 Å². The van der Waals surface area contributed by atoms with Gasteiger partial charge in [-0.3, -0.25) is 9.69 Å². The number of aromatic nitrogens is 1. The minimum absolute atomic E-state index is 0.0222. The number of thioether (sulfide) groups is 1. The highest BCUT2D eigenvalue weighted by atomic mass is 32.2. The maximum absolute atomic E-state index is 12.9. The molecule has 4 nitrogen and oxygen atoms in total. The van der Waals surface area contributed by atoms with E-state index in [0.717, 1.165) is 28.5 Å². The number of rotatable bonds is 5. The van der Waals surface area contributed by atoms with Gasteiger partial charge in [0.1, 0.15) is 0 Å². The lowest BCUT2D eigenvalue weighted by molar-refractivity contribution is -0.122. The molecule has 0 aliphatic carbocycles. The molecule has 0 saturated carbocycles. The Kier molecular flexibility index (Phi) is 5.44. The van der Waals surface area contributed by atoms with Crippen molar-refractivity contribution in [3.05, 3.63) is 89.6 Å². The molecule has 28 heavy (non-hydrogen) atoms. The minimum Gasteiger partial charge on any atom is -0.323 e. The summed E-state index contributed by atoms with van der Waals surface area (Å²) >= 11 is 1.44. The average Bonchev–Trinajstić information content (AvgIpc) is 3.31. The molecule has 1 amide bonds. The van der Waals surface area contributed by atoms with Gasteiger partial charge in [-0.1, -0.05) is 43.3 Å². The summed E-state index contributed by atoms with van der Waals surface area (Å²) in [6.07, 6.45) is 6.88. The van der Waals surface area contributed by atoms with Gasteiger partial charge in [0.2, 0.25) is 0 Å². The van der Waals surface area contributed by atoms with Crippen LogP contribution in [0.25, 0.3) is 11.8 Å². The van der Waals surface area contributed by atoms with Crippen LogP contribution >= 0.6 is 11.8 Å². The first-order valence-electron chi connectivity index (χ1n) is 9.33. The number of amides is 1. The third-order valence-corrected chi connectivity index (χ3v) is 5.39. The summed E-state index contributed by atoms with van der Waals surface area (Å²) in [4.78, 5) is 20.1. The van der Waals surface area contributed by atoms with Gasteiger partial charge in [-0.25, -0.2) is 4.99 Å². The Morgan fingerprint density at radius 3 is 2.43 bits per heavy atom. The van der Waals surface area contributed by atoms with Crippen LogP contribution in [0.1, 0.15) is 18.9 Å². The van der Waals surface area contributed by atoms with Gasteiger partial charge in [0.15, 0.2) is 5.17 Å². The second-order valence-corrected chi connectivity index (χ2v) is 7.49. The van der Waals surface area contributed by atoms with Gasteiger partial charge in [0.05, 0.1) is 10.6 Å². The summed E-state index contributed by atoms with van der Waals surface area (Å²) in [6.45, 7) is 2.74. The van der Waals surface area contributed by atoms with E-state index in [1.54, 1.807) is 4.90 Å². The second kappa shape index (κ2) is 8.31. The van der Waals surface area contributed by atoms with Crippen molar-refractivity contribution < 1.29 is 4.79 Å². The molecule has 2 heterocycles. The van der Waals surface area contributed by atoms with Gasteiger partial charge in [0.25, 0.3) is 5.91 Å². The third-order valence-electron chi connectivity index (χ3n) is 4.38. The zero-order valence-corrected chi connectivity index (χ0v) is 16.5. The Morgan fingerprint density at radius 2 is 1.71 bits per heavy atom. The smallest absolute Gasteiger partial charge is 0.266 e. The maximum atomic E-state index is 12.9. The maximum Gasteiger partial charge on any atom is 0.266 e. The van der Waals surface area contributed by atoms with Gasteiger partial charge >= 0.3 is 0 Å². The van der Waals surface area contributed by atoms with E-state index in [2.05, 4.69) is 23.6 Å². The van der Waals surface area contributed by atoms with Gasteiger partial charge in [0, 0.05) is 24.6 Å². The first-order chi connectivity index (χ1) is 13.7. The molecule has 0 N–H and O–H groups in total. The summed E-state index contributed by atoms with van der Waals surface area (Å²) in [7, 11) is 0. The summed E-state index contributed by atoms with van der Waals surface area (Å²) in [5, 5.41) is 0.742. The summed E-state index contributed by atoms with van der Waals surface area (Å²) < 4.78 is 2.05. The Hall–Kier alpha value is -3.05. The lowest BCUT2D eigenvalue weighted by atomic mass is 10.3. The van der Waals surface area contributed by atoms with E-state index < -0.39 is 0 Å². The van der Waals surface area contributed by atoms with Crippen molar-refractivity contribution in [3.63, 3.8) is 0 Å². The zero-order valence-electron chi connectivity index (χ0n) is 15.7. The fourth-order valence-electron chi connectivity index (χ4n) is 3.04. The van der Waals surface area contributed by atoms with E-state index in [9.17, 15) is 4.79 Å². The number of nitrogens with zero attached hydrogens (tertiary/aromatic N) is 3. The molecule has 1 fully saturated rings. The molecule has 0 unspecified atom stereocenters. The normalized spacial score (nSPS) is 17.0. The van der Waals surface area contributed by atoms with Crippen molar-refractivity contribution >= 4 is 34.6 Å². The van der Waals surface area contributed by atoms with Crippen molar-refractivity contribution in [2.45, 2.75) is 13.3 Å². The minimum atomic E-state index is 0.0222. The molecule has 2 aromatic carbocycles. The van der Waals surface area contributed by atoms with E-state index in [0.29, 0.717) is 11.4 Å². The van der Waals surface area contributed by atoms with Crippen LogP contribution in [-0.2, 0) is 4.79 Å². The molecule has 0 spiro atoms. The summed E-state index contributed by atoms with van der Waals surface area (Å²) in [5.74, 6) is 0.0222. The van der Waals surface area contributed by atoms with Crippen LogP contribution in [0.2, 0.25) is 0 Å². The van der Waals surface area contributed by atoms with E-state index >= 15 is 0 Å². The Labute approximate surface area is 169 Å². The predicted octanol–water partition coefficient (Wildman–Crippen LogP) is 5.49. The molecular formula is C23H21N3OS. The number of hydrogen-bond donors (Lipinski definition) is 0. The Morgan fingerprint density at radius 1 is 1.00 bits per heavy atom. The number of aliphatic imine (C=N–C) groups is 1. The molecule has 0 atom stereocenters. The van der Waals surface area contributed by atoms with E-state index in [1.165, 1.54) is 11.8 Å². The highest BCUT2D eigenvalue weighted by Crippen LogP contribution is 2.34. The van der Waals surface area contributed by atoms with Crippen LogP contribution in [0.15, 0.2) is 89.0 Å². The first kappa shape index (κ1) is 18.3. The molecule has 1 aliphatic heterocycles. The van der Waals surface area contributed by atoms with Gasteiger partial charge in [-0.15, -0.1) is 0 Å². The molecule has 140 valence electrons. The SMILES string of the molecule is CCCN1C(=O)/C(=C\c2ccn(-c3ccccc3)c2)SC1=Nc1ccccc1. The molecule has 1 aromatic heterocycles. The standard InChI is InChI=1S/C23H21N3OS/c1-2-14-26-22(27)21(28-23(26)24-19-9-5-3-6-10-19)16-18-13-15-25(17-18)20-11-7-4-8-12-20/h3-13,15-17H,2,14H2,1H3/b21-16+,24-23?. The molecule has 5 heteroatoms. The third kappa shape index (κ3) is 3.94. The molecular weight excluding hydrogens is 366 g/mol. The molecule has 1 saturated heterocycles. The highest BCUT2D eigenvalue weighted by molar-refractivity contribution is 8.18. The van der Waals surface area contributed by atoms with Crippen LogP contribution in [0, 0.1) is 0 Å². The second-order valence-electron chi connectivity index (χ2n) is 6.49. The molecule has 3 aromatic rings. The van der Waals surface area contributed by atoms with Crippen LogP contribution in [0.4, 0.5) is 5.69 Å². The monoisotopic (exact) mass is 387 g/mol. The fourth-order valence-corrected chi connectivity index (χ4v) is 4.06. The lowest BCUT2D eigenvalue weighted by Crippen LogP contribution is -2.29. The highest BCUT2D eigenvalue weighted by Gasteiger charge is 2.32. The zero-order chi connectivity index (χ0) is 19.3. The predicted molar refractivity (Wildman–Crippen MR) is 117 cm³/mol. The molecule has 0 radical (unpaired) electrons. The fraction of sp³-hybridized carbons (Fsp3) is 0.130. The van der Waals surface area contributed by atoms with Crippen molar-refractivity contribution in [3.8, 4) is 5.69 Å². The summed E-state index contributed by atoms with van der Waals surface area (Å²) in [5.41, 5.74) is 2.95. The molecule has 0 bridgehead atoms.